The summed E-state index contributed by atoms with van der Waals surface area (Å²) >= 11 is 3.11. The smallest absolute Gasteiger partial charge is 0.342 e. The van der Waals surface area contributed by atoms with Crippen molar-refractivity contribution in [2.24, 2.45) is 0 Å². The topological polar surface area (TPSA) is 87.9 Å². The van der Waals surface area contributed by atoms with Gasteiger partial charge >= 0.3 is 5.97 Å². The number of fused-ring (bicyclic) bond motifs is 1. The summed E-state index contributed by atoms with van der Waals surface area (Å²) in [5.41, 5.74) is -0.293. The second kappa shape index (κ2) is 5.43. The summed E-state index contributed by atoms with van der Waals surface area (Å²) < 4.78 is 15.6. The van der Waals surface area contributed by atoms with E-state index >= 15 is 0 Å². The number of methoxy groups -OCH3 is 1. The fraction of sp³-hybridized carbons (Fsp3) is 0.364. The molecule has 1 aliphatic rings. The van der Waals surface area contributed by atoms with E-state index in [-0.39, 0.29) is 27.2 Å². The van der Waals surface area contributed by atoms with E-state index < -0.39 is 10.9 Å². The van der Waals surface area contributed by atoms with Crippen LogP contribution in [-0.2, 0) is 4.74 Å². The number of rotatable bonds is 2. The van der Waals surface area contributed by atoms with Gasteiger partial charge < -0.3 is 14.2 Å². The molecule has 0 saturated carbocycles. The second-order valence-corrected chi connectivity index (χ2v) is 4.51. The molecule has 0 aliphatic carbocycles. The number of hydrogen-bond donors (Lipinski definition) is 0. The molecular formula is C11H10BrNO6. The Morgan fingerprint density at radius 2 is 2.05 bits per heavy atom. The molecule has 0 N–H and O–H groups in total. The number of nitro groups is 1. The fourth-order valence-corrected chi connectivity index (χ4v) is 2.23. The minimum atomic E-state index is -0.711. The Balaban J connectivity index is 2.68. The van der Waals surface area contributed by atoms with Gasteiger partial charge in [-0.25, -0.2) is 4.79 Å². The van der Waals surface area contributed by atoms with Crippen LogP contribution in [0.5, 0.6) is 11.5 Å². The molecule has 1 aromatic carbocycles. The van der Waals surface area contributed by atoms with E-state index in [4.69, 9.17) is 9.47 Å². The van der Waals surface area contributed by atoms with E-state index in [1.54, 1.807) is 0 Å². The van der Waals surface area contributed by atoms with Crippen LogP contribution < -0.4 is 9.47 Å². The molecule has 0 atom stereocenters. The van der Waals surface area contributed by atoms with E-state index in [1.165, 1.54) is 7.11 Å². The molecule has 102 valence electrons. The van der Waals surface area contributed by atoms with E-state index in [0.717, 1.165) is 6.07 Å². The number of halogens is 1. The average molecular weight is 332 g/mol. The predicted molar refractivity (Wildman–Crippen MR) is 67.7 cm³/mol. The predicted octanol–water partition coefficient (Wildman–Crippen LogP) is 2.31. The van der Waals surface area contributed by atoms with Crippen molar-refractivity contribution in [3.63, 3.8) is 0 Å². The summed E-state index contributed by atoms with van der Waals surface area (Å²) in [5.74, 6) is -0.383. The first-order valence-corrected chi connectivity index (χ1v) is 6.20. The molecule has 0 unspecified atom stereocenters. The van der Waals surface area contributed by atoms with E-state index in [9.17, 15) is 14.9 Å². The molecule has 0 radical (unpaired) electrons. The van der Waals surface area contributed by atoms with Crippen molar-refractivity contribution in [2.45, 2.75) is 6.42 Å². The van der Waals surface area contributed by atoms with Gasteiger partial charge in [-0.15, -0.1) is 0 Å². The van der Waals surface area contributed by atoms with Crippen LogP contribution in [0.3, 0.4) is 0 Å². The molecule has 0 saturated heterocycles. The van der Waals surface area contributed by atoms with Crippen LogP contribution in [0.1, 0.15) is 16.8 Å². The van der Waals surface area contributed by atoms with Crippen LogP contribution in [0.15, 0.2) is 10.5 Å². The number of ether oxygens (including phenoxy) is 3. The zero-order valence-electron chi connectivity index (χ0n) is 9.97. The van der Waals surface area contributed by atoms with Crippen LogP contribution in [0.2, 0.25) is 0 Å². The molecule has 2 rings (SSSR count). The lowest BCUT2D eigenvalue weighted by atomic mass is 10.1. The number of hydrogen-bond acceptors (Lipinski definition) is 6. The van der Waals surface area contributed by atoms with Gasteiger partial charge in [0.05, 0.1) is 25.2 Å². The van der Waals surface area contributed by atoms with Gasteiger partial charge in [0.2, 0.25) is 0 Å². The van der Waals surface area contributed by atoms with Crippen LogP contribution >= 0.6 is 15.9 Å². The van der Waals surface area contributed by atoms with Crippen molar-refractivity contribution in [3.05, 3.63) is 26.2 Å². The van der Waals surface area contributed by atoms with Gasteiger partial charge in [-0.1, -0.05) is 0 Å². The van der Waals surface area contributed by atoms with Crippen LogP contribution in [-0.4, -0.2) is 31.2 Å². The van der Waals surface area contributed by atoms with Crippen molar-refractivity contribution < 1.29 is 23.9 Å². The summed E-state index contributed by atoms with van der Waals surface area (Å²) in [5, 5.41) is 11.0. The molecule has 0 aromatic heterocycles. The van der Waals surface area contributed by atoms with Crippen LogP contribution in [0.4, 0.5) is 5.69 Å². The van der Waals surface area contributed by atoms with Crippen molar-refractivity contribution in [3.8, 4) is 11.5 Å². The molecule has 0 spiro atoms. The Morgan fingerprint density at radius 1 is 1.42 bits per heavy atom. The van der Waals surface area contributed by atoms with Gasteiger partial charge in [-0.3, -0.25) is 10.1 Å². The van der Waals surface area contributed by atoms with Crippen molar-refractivity contribution in [1.82, 2.24) is 0 Å². The standard InChI is InChI=1S/C11H10BrNO6/c1-17-11(14)6-5-7(13(15)16)8(12)10-9(6)18-3-2-4-19-10/h5H,2-4H2,1H3. The summed E-state index contributed by atoms with van der Waals surface area (Å²) in [6.07, 6.45) is 0.621. The summed E-state index contributed by atoms with van der Waals surface area (Å²) in [7, 11) is 1.19. The monoisotopic (exact) mass is 331 g/mol. The lowest BCUT2D eigenvalue weighted by Gasteiger charge is -2.12. The molecule has 8 heteroatoms. The van der Waals surface area contributed by atoms with Gasteiger partial charge in [-0.2, -0.15) is 0 Å². The first-order valence-electron chi connectivity index (χ1n) is 5.41. The molecule has 0 fully saturated rings. The SMILES string of the molecule is COC(=O)c1cc([N+](=O)[O-])c(Br)c2c1OCCCO2. The van der Waals surface area contributed by atoms with Crippen LogP contribution in [0, 0.1) is 10.1 Å². The largest absolute Gasteiger partial charge is 0.489 e. The van der Waals surface area contributed by atoms with Gasteiger partial charge in [0.25, 0.3) is 5.69 Å². The van der Waals surface area contributed by atoms with E-state index in [0.29, 0.717) is 19.6 Å². The highest BCUT2D eigenvalue weighted by molar-refractivity contribution is 9.10. The molecule has 19 heavy (non-hydrogen) atoms. The summed E-state index contributed by atoms with van der Waals surface area (Å²) in [4.78, 5) is 22.1. The van der Waals surface area contributed by atoms with Crippen molar-refractivity contribution in [1.29, 1.82) is 0 Å². The maximum Gasteiger partial charge on any atom is 0.342 e. The minimum absolute atomic E-state index is 0.0192. The van der Waals surface area contributed by atoms with E-state index in [1.807, 2.05) is 0 Å². The number of carbonyl (C=O) groups excluding carboxylic acids is 1. The minimum Gasteiger partial charge on any atom is -0.489 e. The molecule has 0 amide bonds. The molecular weight excluding hydrogens is 322 g/mol. The third kappa shape index (κ3) is 2.48. The maximum absolute atomic E-state index is 11.7. The Kier molecular flexibility index (Phi) is 3.89. The van der Waals surface area contributed by atoms with Crippen molar-refractivity contribution in [2.75, 3.05) is 20.3 Å². The van der Waals surface area contributed by atoms with Gasteiger partial charge in [0.15, 0.2) is 11.5 Å². The Bertz CT molecular complexity index is 544. The van der Waals surface area contributed by atoms with Crippen molar-refractivity contribution >= 4 is 27.6 Å². The van der Waals surface area contributed by atoms with Gasteiger partial charge in [-0.05, 0) is 15.9 Å². The highest BCUT2D eigenvalue weighted by Gasteiger charge is 2.30. The normalized spacial score (nSPS) is 13.6. The third-order valence-electron chi connectivity index (χ3n) is 2.54. The van der Waals surface area contributed by atoms with Gasteiger partial charge in [0.1, 0.15) is 10.0 Å². The lowest BCUT2D eigenvalue weighted by molar-refractivity contribution is -0.385. The summed E-state index contributed by atoms with van der Waals surface area (Å²) in [6, 6.07) is 1.11. The first kappa shape index (κ1) is 13.6. The Morgan fingerprint density at radius 3 is 2.63 bits per heavy atom. The second-order valence-electron chi connectivity index (χ2n) is 3.71. The Labute approximate surface area is 116 Å². The number of nitrogens with zero attached hydrogens (tertiary/aromatic N) is 1. The zero-order valence-corrected chi connectivity index (χ0v) is 11.6. The zero-order chi connectivity index (χ0) is 14.0. The molecule has 1 aromatic rings. The summed E-state index contributed by atoms with van der Waals surface area (Å²) in [6.45, 7) is 0.717. The molecule has 1 heterocycles. The number of benzene rings is 1. The fourth-order valence-electron chi connectivity index (χ4n) is 1.68. The van der Waals surface area contributed by atoms with E-state index in [2.05, 4.69) is 20.7 Å². The molecule has 0 bridgehead atoms. The highest BCUT2D eigenvalue weighted by Crippen LogP contribution is 2.45. The number of nitro benzene ring substituents is 1. The average Bonchev–Trinajstić information content (AvgIpc) is 2.64. The third-order valence-corrected chi connectivity index (χ3v) is 3.31. The van der Waals surface area contributed by atoms with Gasteiger partial charge in [0, 0.05) is 12.5 Å². The number of carbonyl (C=O) groups is 1. The lowest BCUT2D eigenvalue weighted by Crippen LogP contribution is -2.07. The molecule has 1 aliphatic heterocycles. The molecule has 7 nitrogen and oxygen atoms in total. The Hall–Kier alpha value is -1.83. The maximum atomic E-state index is 11.7. The number of esters is 1. The first-order chi connectivity index (χ1) is 9.06. The highest BCUT2D eigenvalue weighted by atomic mass is 79.9. The van der Waals surface area contributed by atoms with Crippen LogP contribution in [0.25, 0.3) is 0 Å². The quantitative estimate of drug-likeness (QED) is 0.469.